The van der Waals surface area contributed by atoms with E-state index in [-0.39, 0.29) is 5.91 Å². The second-order valence-corrected chi connectivity index (χ2v) is 4.80. The number of benzene rings is 1. The van der Waals surface area contributed by atoms with Crippen LogP contribution in [0.1, 0.15) is 19.3 Å². The first-order chi connectivity index (χ1) is 9.19. The predicted octanol–water partition coefficient (Wildman–Crippen LogP) is 1.70. The molecule has 1 heterocycles. The quantitative estimate of drug-likeness (QED) is 0.793. The molecular formula is C14H21N3O2. The molecule has 0 aliphatic carbocycles. The average molecular weight is 263 g/mol. The van der Waals surface area contributed by atoms with Gasteiger partial charge in [-0.2, -0.15) is 0 Å². The van der Waals surface area contributed by atoms with Crippen molar-refractivity contribution in [2.75, 3.05) is 37.8 Å². The molecule has 0 atom stereocenters. The molecule has 0 bridgehead atoms. The van der Waals surface area contributed by atoms with E-state index < -0.39 is 0 Å². The van der Waals surface area contributed by atoms with E-state index in [2.05, 4.69) is 10.2 Å². The van der Waals surface area contributed by atoms with Crippen molar-refractivity contribution in [2.45, 2.75) is 19.3 Å². The van der Waals surface area contributed by atoms with Gasteiger partial charge in [-0.05, 0) is 38.1 Å². The molecule has 1 aromatic carbocycles. The van der Waals surface area contributed by atoms with E-state index in [0.29, 0.717) is 23.5 Å². The van der Waals surface area contributed by atoms with Gasteiger partial charge in [-0.1, -0.05) is 0 Å². The summed E-state index contributed by atoms with van der Waals surface area (Å²) in [6.07, 6.45) is 2.98. The predicted molar refractivity (Wildman–Crippen MR) is 76.3 cm³/mol. The lowest BCUT2D eigenvalue weighted by molar-refractivity contribution is -0.116. The van der Waals surface area contributed by atoms with E-state index in [1.54, 1.807) is 25.3 Å². The van der Waals surface area contributed by atoms with Gasteiger partial charge >= 0.3 is 0 Å². The molecule has 1 fully saturated rings. The largest absolute Gasteiger partial charge is 0.497 e. The number of rotatable bonds is 5. The van der Waals surface area contributed by atoms with Gasteiger partial charge in [0.05, 0.1) is 18.5 Å². The molecule has 104 valence electrons. The summed E-state index contributed by atoms with van der Waals surface area (Å²) in [6.45, 7) is 3.03. The highest BCUT2D eigenvalue weighted by atomic mass is 16.5. The molecule has 1 amide bonds. The third-order valence-electron chi connectivity index (χ3n) is 3.39. The van der Waals surface area contributed by atoms with E-state index in [1.807, 2.05) is 0 Å². The zero-order valence-corrected chi connectivity index (χ0v) is 11.3. The number of anilines is 2. The van der Waals surface area contributed by atoms with Gasteiger partial charge < -0.3 is 20.7 Å². The molecule has 1 saturated heterocycles. The summed E-state index contributed by atoms with van der Waals surface area (Å²) in [4.78, 5) is 14.2. The first-order valence-electron chi connectivity index (χ1n) is 6.65. The van der Waals surface area contributed by atoms with Crippen LogP contribution in [0.4, 0.5) is 11.4 Å². The maximum atomic E-state index is 11.9. The number of likely N-dealkylation sites (tertiary alicyclic amines) is 1. The number of hydrogen-bond donors (Lipinski definition) is 2. The Bertz CT molecular complexity index is 442. The highest BCUT2D eigenvalue weighted by molar-refractivity contribution is 5.94. The fourth-order valence-electron chi connectivity index (χ4n) is 2.25. The molecule has 3 N–H and O–H groups in total. The van der Waals surface area contributed by atoms with Crippen molar-refractivity contribution in [2.24, 2.45) is 0 Å². The molecule has 0 aromatic heterocycles. The number of amides is 1. The van der Waals surface area contributed by atoms with E-state index in [9.17, 15) is 4.79 Å². The molecule has 0 unspecified atom stereocenters. The van der Waals surface area contributed by atoms with Crippen LogP contribution in [-0.4, -0.2) is 37.6 Å². The summed E-state index contributed by atoms with van der Waals surface area (Å²) in [5, 5.41) is 2.84. The fraction of sp³-hybridized carbons (Fsp3) is 0.500. The van der Waals surface area contributed by atoms with Crippen LogP contribution in [0.25, 0.3) is 0 Å². The molecule has 5 heteroatoms. The first-order valence-corrected chi connectivity index (χ1v) is 6.65. The zero-order chi connectivity index (χ0) is 13.7. The SMILES string of the molecule is COc1ccc(N)c(NC(=O)CCN2CCCC2)c1. The molecule has 0 radical (unpaired) electrons. The van der Waals surface area contributed by atoms with Crippen molar-refractivity contribution in [1.82, 2.24) is 4.90 Å². The van der Waals surface area contributed by atoms with Gasteiger partial charge in [0.25, 0.3) is 0 Å². The highest BCUT2D eigenvalue weighted by Gasteiger charge is 2.13. The molecule has 1 aromatic rings. The summed E-state index contributed by atoms with van der Waals surface area (Å²) in [5.41, 5.74) is 7.00. The van der Waals surface area contributed by atoms with Gasteiger partial charge in [0.1, 0.15) is 5.75 Å². The standard InChI is InChI=1S/C14H21N3O2/c1-19-11-4-5-12(15)13(10-11)16-14(18)6-9-17-7-2-3-8-17/h4-5,10H,2-3,6-9,15H2,1H3,(H,16,18). The first kappa shape index (κ1) is 13.7. The Kier molecular flexibility index (Phi) is 4.63. The van der Waals surface area contributed by atoms with Crippen LogP contribution in [0.2, 0.25) is 0 Å². The summed E-state index contributed by atoms with van der Waals surface area (Å²) in [7, 11) is 1.59. The molecule has 2 rings (SSSR count). The Morgan fingerprint density at radius 1 is 1.42 bits per heavy atom. The second-order valence-electron chi connectivity index (χ2n) is 4.80. The van der Waals surface area contributed by atoms with Gasteiger partial charge in [0, 0.05) is 19.0 Å². The molecule has 0 saturated carbocycles. The van der Waals surface area contributed by atoms with Gasteiger partial charge in [-0.3, -0.25) is 4.79 Å². The van der Waals surface area contributed by atoms with Crippen molar-refractivity contribution >= 4 is 17.3 Å². The van der Waals surface area contributed by atoms with Crippen molar-refractivity contribution in [3.63, 3.8) is 0 Å². The van der Waals surface area contributed by atoms with Gasteiger partial charge in [-0.25, -0.2) is 0 Å². The molecule has 1 aliphatic heterocycles. The van der Waals surface area contributed by atoms with Crippen LogP contribution in [0, 0.1) is 0 Å². The molecule has 1 aliphatic rings. The van der Waals surface area contributed by atoms with Crippen LogP contribution >= 0.6 is 0 Å². The minimum absolute atomic E-state index is 0.00754. The van der Waals surface area contributed by atoms with Crippen molar-refractivity contribution in [1.29, 1.82) is 0 Å². The summed E-state index contributed by atoms with van der Waals surface area (Å²) < 4.78 is 5.12. The van der Waals surface area contributed by atoms with Crippen molar-refractivity contribution < 1.29 is 9.53 Å². The maximum Gasteiger partial charge on any atom is 0.225 e. The van der Waals surface area contributed by atoms with Gasteiger partial charge in [0.15, 0.2) is 0 Å². The summed E-state index contributed by atoms with van der Waals surface area (Å²) in [6, 6.07) is 5.24. The average Bonchev–Trinajstić information content (AvgIpc) is 2.92. The number of ether oxygens (including phenoxy) is 1. The highest BCUT2D eigenvalue weighted by Crippen LogP contribution is 2.24. The number of methoxy groups -OCH3 is 1. The van der Waals surface area contributed by atoms with Crippen LogP contribution in [0.5, 0.6) is 5.75 Å². The van der Waals surface area contributed by atoms with Crippen molar-refractivity contribution in [3.8, 4) is 5.75 Å². The van der Waals surface area contributed by atoms with Gasteiger partial charge in [0.2, 0.25) is 5.91 Å². The topological polar surface area (TPSA) is 67.6 Å². The normalized spacial score (nSPS) is 15.4. The van der Waals surface area contributed by atoms with Crippen molar-refractivity contribution in [3.05, 3.63) is 18.2 Å². The smallest absolute Gasteiger partial charge is 0.225 e. The molecule has 5 nitrogen and oxygen atoms in total. The van der Waals surface area contributed by atoms with Crippen LogP contribution in [0.3, 0.4) is 0 Å². The second kappa shape index (κ2) is 6.43. The number of carbonyl (C=O) groups is 1. The minimum atomic E-state index is -0.00754. The number of carbonyl (C=O) groups excluding carboxylic acids is 1. The van der Waals surface area contributed by atoms with E-state index in [1.165, 1.54) is 12.8 Å². The third kappa shape index (κ3) is 3.86. The van der Waals surface area contributed by atoms with Crippen LogP contribution in [0.15, 0.2) is 18.2 Å². The Morgan fingerprint density at radius 2 is 2.16 bits per heavy atom. The van der Waals surface area contributed by atoms with Crippen LogP contribution < -0.4 is 15.8 Å². The Morgan fingerprint density at radius 3 is 2.84 bits per heavy atom. The lowest BCUT2D eigenvalue weighted by Crippen LogP contribution is -2.25. The Labute approximate surface area is 113 Å². The molecular weight excluding hydrogens is 242 g/mol. The number of nitrogens with two attached hydrogens (primary N) is 1. The lowest BCUT2D eigenvalue weighted by Gasteiger charge is -2.14. The number of hydrogen-bond acceptors (Lipinski definition) is 4. The summed E-state index contributed by atoms with van der Waals surface area (Å²) >= 11 is 0. The molecule has 0 spiro atoms. The summed E-state index contributed by atoms with van der Waals surface area (Å²) in [5.74, 6) is 0.677. The van der Waals surface area contributed by atoms with Crippen LogP contribution in [-0.2, 0) is 4.79 Å². The monoisotopic (exact) mass is 263 g/mol. The van der Waals surface area contributed by atoms with E-state index in [4.69, 9.17) is 10.5 Å². The fourth-order valence-corrected chi connectivity index (χ4v) is 2.25. The zero-order valence-electron chi connectivity index (χ0n) is 11.3. The number of nitrogens with zero attached hydrogens (tertiary/aromatic N) is 1. The molecule has 19 heavy (non-hydrogen) atoms. The lowest BCUT2D eigenvalue weighted by atomic mass is 10.2. The number of nitrogen functional groups attached to an aromatic ring is 1. The van der Waals surface area contributed by atoms with Gasteiger partial charge in [-0.15, -0.1) is 0 Å². The Hall–Kier alpha value is -1.75. The number of nitrogens with one attached hydrogen (secondary N) is 1. The van der Waals surface area contributed by atoms with E-state index in [0.717, 1.165) is 19.6 Å². The maximum absolute atomic E-state index is 11.9. The third-order valence-corrected chi connectivity index (χ3v) is 3.39. The Balaban J connectivity index is 1.87. The minimum Gasteiger partial charge on any atom is -0.497 e. The van der Waals surface area contributed by atoms with E-state index >= 15 is 0 Å².